The van der Waals surface area contributed by atoms with E-state index in [0.29, 0.717) is 0 Å². The van der Waals surface area contributed by atoms with Gasteiger partial charge in [-0.15, -0.1) is 0 Å². The molecule has 3 rings (SSSR count). The fourth-order valence-electron chi connectivity index (χ4n) is 2.75. The second-order valence-electron chi connectivity index (χ2n) is 6.17. The van der Waals surface area contributed by atoms with E-state index in [2.05, 4.69) is 5.32 Å². The molecule has 2 aromatic carbocycles. The number of non-ortho nitro benzene ring substituents is 1. The van der Waals surface area contributed by atoms with Crippen molar-refractivity contribution in [3.63, 3.8) is 0 Å². The predicted octanol–water partition coefficient (Wildman–Crippen LogP) is 2.59. The van der Waals surface area contributed by atoms with Gasteiger partial charge in [0, 0.05) is 24.7 Å². The zero-order valence-corrected chi connectivity index (χ0v) is 14.6. The van der Waals surface area contributed by atoms with Crippen LogP contribution in [0.4, 0.5) is 20.2 Å². The molecule has 1 N–H and O–H groups in total. The Labute approximate surface area is 157 Å². The number of nitrogens with zero attached hydrogens (tertiary/aromatic N) is 2. The van der Waals surface area contributed by atoms with Gasteiger partial charge in [-0.3, -0.25) is 19.7 Å². The van der Waals surface area contributed by atoms with E-state index < -0.39 is 28.4 Å². The van der Waals surface area contributed by atoms with Gasteiger partial charge in [0.25, 0.3) is 11.6 Å². The third kappa shape index (κ3) is 3.75. The molecule has 0 spiro atoms. The van der Waals surface area contributed by atoms with Crippen LogP contribution in [0.25, 0.3) is 0 Å². The van der Waals surface area contributed by atoms with Crippen molar-refractivity contribution in [1.82, 2.24) is 4.90 Å². The Kier molecular flexibility index (Phi) is 5.21. The molecule has 0 saturated carbocycles. The summed E-state index contributed by atoms with van der Waals surface area (Å²) in [5, 5.41) is 13.4. The van der Waals surface area contributed by atoms with Gasteiger partial charge in [0.2, 0.25) is 5.91 Å². The van der Waals surface area contributed by atoms with Crippen LogP contribution in [0.1, 0.15) is 10.4 Å². The zero-order valence-electron chi connectivity index (χ0n) is 14.6. The first-order chi connectivity index (χ1) is 13.3. The van der Waals surface area contributed by atoms with Crippen LogP contribution in [0.15, 0.2) is 36.4 Å². The third-order valence-electron chi connectivity index (χ3n) is 4.36. The highest BCUT2D eigenvalue weighted by Gasteiger charge is 2.36. The Morgan fingerprint density at radius 2 is 1.89 bits per heavy atom. The normalized spacial score (nSPS) is 13.6. The number of likely N-dealkylation sites (tertiary alicyclic amines) is 1. The van der Waals surface area contributed by atoms with E-state index in [-0.39, 0.29) is 41.7 Å². The van der Waals surface area contributed by atoms with Gasteiger partial charge in [-0.2, -0.15) is 0 Å². The average Bonchev–Trinajstić information content (AvgIpc) is 2.62. The molecule has 1 fully saturated rings. The number of nitro benzene ring substituents is 1. The van der Waals surface area contributed by atoms with Crippen molar-refractivity contribution in [2.45, 2.75) is 0 Å². The van der Waals surface area contributed by atoms with Crippen LogP contribution in [0.3, 0.4) is 0 Å². The summed E-state index contributed by atoms with van der Waals surface area (Å²) in [6, 6.07) is 6.64. The Morgan fingerprint density at radius 1 is 1.18 bits per heavy atom. The summed E-state index contributed by atoms with van der Waals surface area (Å²) in [7, 11) is 1.32. The quantitative estimate of drug-likeness (QED) is 0.624. The number of hydrogen-bond acceptors (Lipinski definition) is 5. The summed E-state index contributed by atoms with van der Waals surface area (Å²) in [4.78, 5) is 36.1. The molecule has 0 bridgehead atoms. The molecule has 1 aliphatic rings. The number of methoxy groups -OCH3 is 1. The van der Waals surface area contributed by atoms with Gasteiger partial charge in [0.05, 0.1) is 29.7 Å². The number of benzene rings is 2. The number of carbonyl (C=O) groups is 2. The first-order valence-corrected chi connectivity index (χ1v) is 8.17. The minimum atomic E-state index is -1.12. The Bertz CT molecular complexity index is 960. The number of ether oxygens (including phenoxy) is 1. The lowest BCUT2D eigenvalue weighted by atomic mass is 9.97. The highest BCUT2D eigenvalue weighted by Crippen LogP contribution is 2.30. The van der Waals surface area contributed by atoms with Crippen molar-refractivity contribution < 1.29 is 28.0 Å². The van der Waals surface area contributed by atoms with E-state index >= 15 is 0 Å². The van der Waals surface area contributed by atoms with Gasteiger partial charge < -0.3 is 15.0 Å². The van der Waals surface area contributed by atoms with Crippen LogP contribution in [0, 0.1) is 27.7 Å². The number of carbonyl (C=O) groups excluding carboxylic acids is 2. The molecule has 8 nitrogen and oxygen atoms in total. The van der Waals surface area contributed by atoms with Gasteiger partial charge in [-0.1, -0.05) is 0 Å². The smallest absolute Gasteiger partial charge is 0.273 e. The number of halogens is 2. The molecule has 10 heteroatoms. The molecule has 1 heterocycles. The summed E-state index contributed by atoms with van der Waals surface area (Å²) in [6.45, 7) is 0.220. The number of nitrogens with one attached hydrogen (secondary N) is 1. The van der Waals surface area contributed by atoms with Gasteiger partial charge in [0.15, 0.2) is 11.6 Å². The zero-order chi connectivity index (χ0) is 20.4. The standard InChI is InChI=1S/C18H15F2N3O5/c1-28-16-7-12(23(26)27)3-5-15(16)21-17(24)11-8-22(9-11)18(25)10-2-4-13(19)14(20)6-10/h2-7,11H,8-9H2,1H3,(H,21,24). The topological polar surface area (TPSA) is 102 Å². The van der Waals surface area contributed by atoms with E-state index in [1.807, 2.05) is 0 Å². The molecule has 0 aromatic heterocycles. The monoisotopic (exact) mass is 391 g/mol. The van der Waals surface area contributed by atoms with Crippen molar-refractivity contribution in [3.8, 4) is 5.75 Å². The maximum atomic E-state index is 13.3. The maximum absolute atomic E-state index is 13.3. The van der Waals surface area contributed by atoms with Crippen LogP contribution in [0.2, 0.25) is 0 Å². The summed E-state index contributed by atoms with van der Waals surface area (Å²) < 4.78 is 31.3. The minimum absolute atomic E-state index is 0.00482. The Morgan fingerprint density at radius 3 is 2.50 bits per heavy atom. The highest BCUT2D eigenvalue weighted by molar-refractivity contribution is 5.99. The van der Waals surface area contributed by atoms with Crippen molar-refractivity contribution in [2.75, 3.05) is 25.5 Å². The lowest BCUT2D eigenvalue weighted by molar-refractivity contribution is -0.384. The van der Waals surface area contributed by atoms with Crippen molar-refractivity contribution in [2.24, 2.45) is 5.92 Å². The lowest BCUT2D eigenvalue weighted by Crippen LogP contribution is -2.54. The van der Waals surface area contributed by atoms with E-state index in [9.17, 15) is 28.5 Å². The van der Waals surface area contributed by atoms with Crippen LogP contribution in [0.5, 0.6) is 5.75 Å². The fraction of sp³-hybridized carbons (Fsp3) is 0.222. The van der Waals surface area contributed by atoms with Crippen molar-refractivity contribution >= 4 is 23.2 Å². The summed E-state index contributed by atoms with van der Waals surface area (Å²) in [6.07, 6.45) is 0. The highest BCUT2D eigenvalue weighted by atomic mass is 19.2. The molecule has 0 atom stereocenters. The summed E-state index contributed by atoms with van der Waals surface area (Å²) >= 11 is 0. The van der Waals surface area contributed by atoms with Gasteiger partial charge >= 0.3 is 0 Å². The number of nitro groups is 1. The second-order valence-corrected chi connectivity index (χ2v) is 6.17. The van der Waals surface area contributed by atoms with Crippen LogP contribution in [-0.2, 0) is 4.79 Å². The molecule has 0 radical (unpaired) electrons. The predicted molar refractivity (Wildman–Crippen MR) is 94.0 cm³/mol. The molecule has 28 heavy (non-hydrogen) atoms. The number of rotatable bonds is 5. The molecule has 2 aromatic rings. The van der Waals surface area contributed by atoms with E-state index in [1.165, 1.54) is 36.3 Å². The third-order valence-corrected chi connectivity index (χ3v) is 4.36. The molecular weight excluding hydrogens is 376 g/mol. The van der Waals surface area contributed by atoms with Gasteiger partial charge in [-0.05, 0) is 24.3 Å². The fourth-order valence-corrected chi connectivity index (χ4v) is 2.75. The number of anilines is 1. The first-order valence-electron chi connectivity index (χ1n) is 8.17. The van der Waals surface area contributed by atoms with Crippen LogP contribution in [-0.4, -0.2) is 41.8 Å². The molecule has 146 valence electrons. The van der Waals surface area contributed by atoms with Gasteiger partial charge in [0.1, 0.15) is 5.75 Å². The SMILES string of the molecule is COc1cc([N+](=O)[O-])ccc1NC(=O)C1CN(C(=O)c2ccc(F)c(F)c2)C1. The maximum Gasteiger partial charge on any atom is 0.273 e. The van der Waals surface area contributed by atoms with Crippen LogP contribution < -0.4 is 10.1 Å². The van der Waals surface area contributed by atoms with E-state index in [4.69, 9.17) is 4.74 Å². The summed E-state index contributed by atoms with van der Waals surface area (Å²) in [5.41, 5.74) is 0.0834. The molecule has 1 saturated heterocycles. The van der Waals surface area contributed by atoms with E-state index in [1.54, 1.807) is 0 Å². The molecule has 2 amide bonds. The minimum Gasteiger partial charge on any atom is -0.494 e. The van der Waals surface area contributed by atoms with Crippen molar-refractivity contribution in [3.05, 3.63) is 63.7 Å². The van der Waals surface area contributed by atoms with Gasteiger partial charge in [-0.25, -0.2) is 8.78 Å². The largest absolute Gasteiger partial charge is 0.494 e. The molecule has 1 aliphatic heterocycles. The molecule has 0 aliphatic carbocycles. The second kappa shape index (κ2) is 7.59. The average molecular weight is 391 g/mol. The molecular formula is C18H15F2N3O5. The molecule has 0 unspecified atom stereocenters. The number of amides is 2. The Balaban J connectivity index is 1.61. The first kappa shape index (κ1) is 19.2. The Hall–Kier alpha value is -3.56. The number of hydrogen-bond donors (Lipinski definition) is 1. The van der Waals surface area contributed by atoms with Crippen molar-refractivity contribution in [1.29, 1.82) is 0 Å². The lowest BCUT2D eigenvalue weighted by Gasteiger charge is -2.38. The van der Waals surface area contributed by atoms with E-state index in [0.717, 1.165) is 12.1 Å². The summed E-state index contributed by atoms with van der Waals surface area (Å²) in [5.74, 6) is -3.43. The van der Waals surface area contributed by atoms with Crippen LogP contribution >= 0.6 is 0 Å².